The van der Waals surface area contributed by atoms with Crippen LogP contribution < -0.4 is 15.4 Å². The van der Waals surface area contributed by atoms with Gasteiger partial charge in [0.15, 0.2) is 5.96 Å². The summed E-state index contributed by atoms with van der Waals surface area (Å²) in [7, 11) is 0. The number of nitrogens with zero attached hydrogens (tertiary/aromatic N) is 2. The van der Waals surface area contributed by atoms with Crippen LogP contribution in [0.2, 0.25) is 5.02 Å². The molecular weight excluding hydrogens is 340 g/mol. The molecule has 1 aromatic heterocycles. The SMILES string of the molecule is CCNC(=NCc1ccc(Cl)cc1OCC)NCc1nc(C)c(C)o1. The van der Waals surface area contributed by atoms with Crippen LogP contribution >= 0.6 is 11.6 Å². The number of aliphatic imine (C=N–C) groups is 1. The number of aromatic nitrogens is 1. The van der Waals surface area contributed by atoms with Gasteiger partial charge in [-0.1, -0.05) is 17.7 Å². The van der Waals surface area contributed by atoms with E-state index in [9.17, 15) is 0 Å². The summed E-state index contributed by atoms with van der Waals surface area (Å²) in [6, 6.07) is 5.59. The number of aryl methyl sites for hydroxylation is 2. The molecule has 0 aliphatic rings. The monoisotopic (exact) mass is 364 g/mol. The number of hydrogen-bond acceptors (Lipinski definition) is 4. The van der Waals surface area contributed by atoms with E-state index >= 15 is 0 Å². The summed E-state index contributed by atoms with van der Waals surface area (Å²) in [5.74, 6) is 2.92. The van der Waals surface area contributed by atoms with Crippen LogP contribution in [0.4, 0.5) is 0 Å². The molecule has 1 aromatic carbocycles. The van der Waals surface area contributed by atoms with Crippen LogP contribution in [-0.2, 0) is 13.1 Å². The zero-order valence-electron chi connectivity index (χ0n) is 15.1. The lowest BCUT2D eigenvalue weighted by atomic mass is 10.2. The van der Waals surface area contributed by atoms with E-state index in [0.29, 0.717) is 36.6 Å². The lowest BCUT2D eigenvalue weighted by Gasteiger charge is -2.12. The Balaban J connectivity index is 2.06. The Morgan fingerprint density at radius 2 is 2.08 bits per heavy atom. The Hall–Kier alpha value is -2.21. The summed E-state index contributed by atoms with van der Waals surface area (Å²) in [6.45, 7) is 10.1. The fourth-order valence-electron chi connectivity index (χ4n) is 2.23. The van der Waals surface area contributed by atoms with E-state index in [-0.39, 0.29) is 0 Å². The highest BCUT2D eigenvalue weighted by Crippen LogP contribution is 2.24. The smallest absolute Gasteiger partial charge is 0.214 e. The molecule has 6 nitrogen and oxygen atoms in total. The van der Waals surface area contributed by atoms with Gasteiger partial charge in [0, 0.05) is 17.1 Å². The molecule has 2 N–H and O–H groups in total. The number of halogens is 1. The predicted molar refractivity (Wildman–Crippen MR) is 100 cm³/mol. The second-order valence-electron chi connectivity index (χ2n) is 5.48. The molecule has 0 saturated carbocycles. The second-order valence-corrected chi connectivity index (χ2v) is 5.92. The van der Waals surface area contributed by atoms with E-state index in [4.69, 9.17) is 20.8 Å². The first-order valence-corrected chi connectivity index (χ1v) is 8.77. The van der Waals surface area contributed by atoms with Gasteiger partial charge < -0.3 is 19.8 Å². The maximum Gasteiger partial charge on any atom is 0.214 e. The standard InChI is InChI=1S/C18H25ClN4O2/c1-5-20-18(22-11-17-23-12(3)13(4)25-17)21-10-14-7-8-15(19)9-16(14)24-6-2/h7-9H,5-6,10-11H2,1-4H3,(H2,20,21,22). The Morgan fingerprint density at radius 1 is 1.28 bits per heavy atom. The average molecular weight is 365 g/mol. The Kier molecular flexibility index (Phi) is 7.13. The molecule has 0 unspecified atom stereocenters. The minimum absolute atomic E-state index is 0.472. The molecule has 7 heteroatoms. The number of hydrogen-bond donors (Lipinski definition) is 2. The van der Waals surface area contributed by atoms with E-state index in [0.717, 1.165) is 29.3 Å². The number of ether oxygens (including phenoxy) is 1. The van der Waals surface area contributed by atoms with Crippen LogP contribution in [0, 0.1) is 13.8 Å². The number of guanidine groups is 1. The van der Waals surface area contributed by atoms with E-state index in [2.05, 4.69) is 20.6 Å². The van der Waals surface area contributed by atoms with Crippen molar-refractivity contribution in [2.75, 3.05) is 13.2 Å². The first kappa shape index (κ1) is 19.1. The maximum atomic E-state index is 6.04. The van der Waals surface area contributed by atoms with Gasteiger partial charge in [0.05, 0.1) is 25.4 Å². The molecule has 0 saturated heterocycles. The van der Waals surface area contributed by atoms with Crippen LogP contribution in [0.3, 0.4) is 0 Å². The van der Waals surface area contributed by atoms with Gasteiger partial charge in [-0.25, -0.2) is 9.98 Å². The average Bonchev–Trinajstić information content (AvgIpc) is 2.90. The van der Waals surface area contributed by atoms with Crippen molar-refractivity contribution in [3.63, 3.8) is 0 Å². The van der Waals surface area contributed by atoms with Gasteiger partial charge in [0.1, 0.15) is 11.5 Å². The minimum Gasteiger partial charge on any atom is -0.493 e. The molecule has 136 valence electrons. The first-order chi connectivity index (χ1) is 12.0. The third-order valence-electron chi connectivity index (χ3n) is 3.56. The molecule has 25 heavy (non-hydrogen) atoms. The fourth-order valence-corrected chi connectivity index (χ4v) is 2.39. The maximum absolute atomic E-state index is 6.04. The zero-order valence-corrected chi connectivity index (χ0v) is 15.9. The Bertz CT molecular complexity index is 708. The normalized spacial score (nSPS) is 11.5. The topological polar surface area (TPSA) is 71.7 Å². The summed E-state index contributed by atoms with van der Waals surface area (Å²) < 4.78 is 11.2. The van der Waals surface area contributed by atoms with Crippen molar-refractivity contribution in [3.05, 3.63) is 46.1 Å². The first-order valence-electron chi connectivity index (χ1n) is 8.39. The van der Waals surface area contributed by atoms with E-state index in [1.807, 2.05) is 45.9 Å². The van der Waals surface area contributed by atoms with Crippen molar-refractivity contribution in [1.82, 2.24) is 15.6 Å². The van der Waals surface area contributed by atoms with Crippen molar-refractivity contribution >= 4 is 17.6 Å². The third kappa shape index (κ3) is 5.67. The molecule has 0 bridgehead atoms. The molecule has 0 fully saturated rings. The number of rotatable bonds is 7. The summed E-state index contributed by atoms with van der Waals surface area (Å²) >= 11 is 6.04. The van der Waals surface area contributed by atoms with E-state index in [1.165, 1.54) is 0 Å². The highest BCUT2D eigenvalue weighted by atomic mass is 35.5. The lowest BCUT2D eigenvalue weighted by molar-refractivity contribution is 0.336. The fraction of sp³-hybridized carbons (Fsp3) is 0.444. The van der Waals surface area contributed by atoms with Gasteiger partial charge >= 0.3 is 0 Å². The summed E-state index contributed by atoms with van der Waals surface area (Å²) in [5, 5.41) is 7.09. The van der Waals surface area contributed by atoms with Crippen molar-refractivity contribution < 1.29 is 9.15 Å². The number of oxazole rings is 1. The zero-order chi connectivity index (χ0) is 18.2. The van der Waals surface area contributed by atoms with Gasteiger partial charge in [-0.15, -0.1) is 0 Å². The Morgan fingerprint density at radius 3 is 2.72 bits per heavy atom. The van der Waals surface area contributed by atoms with Crippen LogP contribution in [0.5, 0.6) is 5.75 Å². The van der Waals surface area contributed by atoms with Crippen molar-refractivity contribution in [1.29, 1.82) is 0 Å². The molecule has 0 aliphatic carbocycles. The van der Waals surface area contributed by atoms with Gasteiger partial charge in [0.2, 0.25) is 5.89 Å². The molecule has 0 radical (unpaired) electrons. The van der Waals surface area contributed by atoms with Gasteiger partial charge in [-0.05, 0) is 39.8 Å². The molecule has 0 atom stereocenters. The molecule has 0 spiro atoms. The van der Waals surface area contributed by atoms with Crippen molar-refractivity contribution in [3.8, 4) is 5.75 Å². The van der Waals surface area contributed by atoms with Crippen molar-refractivity contribution in [2.45, 2.75) is 40.8 Å². The predicted octanol–water partition coefficient (Wildman–Crippen LogP) is 3.60. The van der Waals surface area contributed by atoms with Crippen LogP contribution in [-0.4, -0.2) is 24.1 Å². The molecule has 2 rings (SSSR count). The Labute approximate surface area is 153 Å². The minimum atomic E-state index is 0.472. The highest BCUT2D eigenvalue weighted by Gasteiger charge is 2.08. The van der Waals surface area contributed by atoms with Gasteiger partial charge in [-0.2, -0.15) is 0 Å². The second kappa shape index (κ2) is 9.32. The molecule has 1 heterocycles. The van der Waals surface area contributed by atoms with Crippen LogP contribution in [0.1, 0.15) is 36.8 Å². The highest BCUT2D eigenvalue weighted by molar-refractivity contribution is 6.30. The summed E-state index contributed by atoms with van der Waals surface area (Å²) in [6.07, 6.45) is 0. The lowest BCUT2D eigenvalue weighted by Crippen LogP contribution is -2.36. The van der Waals surface area contributed by atoms with E-state index in [1.54, 1.807) is 0 Å². The quantitative estimate of drug-likeness (QED) is 0.580. The van der Waals surface area contributed by atoms with E-state index < -0.39 is 0 Å². The summed E-state index contributed by atoms with van der Waals surface area (Å²) in [4.78, 5) is 8.96. The van der Waals surface area contributed by atoms with Crippen LogP contribution in [0.25, 0.3) is 0 Å². The van der Waals surface area contributed by atoms with Crippen molar-refractivity contribution in [2.24, 2.45) is 4.99 Å². The molecule has 0 amide bonds. The van der Waals surface area contributed by atoms with Crippen LogP contribution in [0.15, 0.2) is 27.6 Å². The van der Waals surface area contributed by atoms with Gasteiger partial charge in [0.25, 0.3) is 0 Å². The largest absolute Gasteiger partial charge is 0.493 e. The molecule has 0 aliphatic heterocycles. The number of benzene rings is 1. The third-order valence-corrected chi connectivity index (χ3v) is 3.80. The number of nitrogens with one attached hydrogen (secondary N) is 2. The van der Waals surface area contributed by atoms with Gasteiger partial charge in [-0.3, -0.25) is 0 Å². The molecular formula is C18H25ClN4O2. The summed E-state index contributed by atoms with van der Waals surface area (Å²) in [5.41, 5.74) is 1.88. The molecule has 2 aromatic rings.